The van der Waals surface area contributed by atoms with Crippen LogP contribution < -0.4 is 5.43 Å². The molecule has 1 aliphatic heterocycles. The van der Waals surface area contributed by atoms with Gasteiger partial charge in [-0.2, -0.15) is 5.10 Å². The molecule has 5 heteroatoms. The smallest absolute Gasteiger partial charge is 0.214 e. The van der Waals surface area contributed by atoms with Gasteiger partial charge in [-0.05, 0) is 12.2 Å². The molecule has 112 valence electrons. The average Bonchev–Trinajstić information content (AvgIpc) is 2.59. The van der Waals surface area contributed by atoms with Crippen molar-refractivity contribution in [1.82, 2.24) is 10.3 Å². The van der Waals surface area contributed by atoms with Crippen molar-refractivity contribution in [2.75, 3.05) is 14.2 Å². The monoisotopic (exact) mass is 311 g/mol. The second-order valence-corrected chi connectivity index (χ2v) is 5.40. The highest BCUT2D eigenvalue weighted by Crippen LogP contribution is 2.35. The van der Waals surface area contributed by atoms with Crippen LogP contribution in [0, 0.1) is 0 Å². The van der Waals surface area contributed by atoms with Crippen LogP contribution in [0.2, 0.25) is 0 Å². The fourth-order valence-electron chi connectivity index (χ4n) is 2.76. The van der Waals surface area contributed by atoms with Crippen LogP contribution in [0.3, 0.4) is 0 Å². The molecule has 0 saturated heterocycles. The van der Waals surface area contributed by atoms with Crippen LogP contribution in [0.15, 0.2) is 65.8 Å². The van der Waals surface area contributed by atoms with E-state index in [0.29, 0.717) is 5.11 Å². The predicted molar refractivity (Wildman–Crippen MR) is 91.6 cm³/mol. The van der Waals surface area contributed by atoms with Crippen molar-refractivity contribution in [2.45, 2.75) is 5.72 Å². The molecule has 0 amide bonds. The first kappa shape index (κ1) is 14.7. The molecule has 1 atom stereocenters. The summed E-state index contributed by atoms with van der Waals surface area (Å²) in [6.45, 7) is 0. The van der Waals surface area contributed by atoms with Crippen molar-refractivity contribution in [3.63, 3.8) is 0 Å². The first-order chi connectivity index (χ1) is 10.7. The summed E-state index contributed by atoms with van der Waals surface area (Å²) < 4.78 is 5.98. The van der Waals surface area contributed by atoms with Gasteiger partial charge in [0, 0.05) is 25.3 Å². The first-order valence-electron chi connectivity index (χ1n) is 6.98. The molecule has 1 unspecified atom stereocenters. The van der Waals surface area contributed by atoms with E-state index in [1.165, 1.54) is 0 Å². The number of ether oxygens (including phenoxy) is 1. The number of thiocarbonyl (C=S) groups is 1. The predicted octanol–water partition coefficient (Wildman–Crippen LogP) is 2.71. The Hall–Kier alpha value is -2.24. The highest BCUT2D eigenvalue weighted by Gasteiger charge is 2.46. The van der Waals surface area contributed by atoms with E-state index in [2.05, 4.69) is 10.5 Å². The average molecular weight is 311 g/mol. The van der Waals surface area contributed by atoms with Gasteiger partial charge in [-0.3, -0.25) is 5.43 Å². The quantitative estimate of drug-likeness (QED) is 0.884. The largest absolute Gasteiger partial charge is 0.349 e. The van der Waals surface area contributed by atoms with E-state index in [1.54, 1.807) is 7.11 Å². The van der Waals surface area contributed by atoms with Crippen molar-refractivity contribution in [2.24, 2.45) is 5.10 Å². The topological polar surface area (TPSA) is 36.9 Å². The maximum absolute atomic E-state index is 5.98. The van der Waals surface area contributed by atoms with Crippen LogP contribution in [-0.4, -0.2) is 29.9 Å². The minimum absolute atomic E-state index is 0.519. The Bertz CT molecular complexity index is 702. The van der Waals surface area contributed by atoms with Gasteiger partial charge in [0.2, 0.25) is 5.72 Å². The van der Waals surface area contributed by atoms with E-state index in [-0.39, 0.29) is 0 Å². The summed E-state index contributed by atoms with van der Waals surface area (Å²) in [7, 11) is 3.58. The van der Waals surface area contributed by atoms with Gasteiger partial charge in [0.1, 0.15) is 5.71 Å². The van der Waals surface area contributed by atoms with Crippen LogP contribution in [-0.2, 0) is 10.5 Å². The van der Waals surface area contributed by atoms with Crippen molar-refractivity contribution in [3.05, 3.63) is 71.8 Å². The van der Waals surface area contributed by atoms with E-state index in [4.69, 9.17) is 17.0 Å². The molecule has 0 fully saturated rings. The highest BCUT2D eigenvalue weighted by molar-refractivity contribution is 7.80. The van der Waals surface area contributed by atoms with Crippen LogP contribution in [0.4, 0.5) is 0 Å². The van der Waals surface area contributed by atoms with Crippen LogP contribution >= 0.6 is 12.2 Å². The molecule has 0 aromatic heterocycles. The zero-order valence-electron chi connectivity index (χ0n) is 12.5. The summed E-state index contributed by atoms with van der Waals surface area (Å²) in [5.41, 5.74) is 4.78. The minimum Gasteiger partial charge on any atom is -0.349 e. The van der Waals surface area contributed by atoms with Crippen LogP contribution in [0.25, 0.3) is 0 Å². The van der Waals surface area contributed by atoms with Gasteiger partial charge in [0.05, 0.1) is 0 Å². The number of likely N-dealkylation sites (N-methyl/N-ethyl adjacent to an activating group) is 1. The second-order valence-electron chi connectivity index (χ2n) is 5.02. The number of hydrogen-bond donors (Lipinski definition) is 1. The number of methoxy groups -OCH3 is 1. The van der Waals surface area contributed by atoms with E-state index >= 15 is 0 Å². The molecule has 22 heavy (non-hydrogen) atoms. The van der Waals surface area contributed by atoms with Crippen LogP contribution in [0.1, 0.15) is 11.1 Å². The summed E-state index contributed by atoms with van der Waals surface area (Å²) in [5, 5.41) is 5.01. The van der Waals surface area contributed by atoms with E-state index < -0.39 is 5.72 Å². The molecule has 1 N–H and O–H groups in total. The van der Waals surface area contributed by atoms with Gasteiger partial charge in [-0.15, -0.1) is 0 Å². The Kier molecular flexibility index (Phi) is 3.92. The zero-order chi connectivity index (χ0) is 15.6. The molecule has 2 aromatic rings. The Balaban J connectivity index is 2.24. The lowest BCUT2D eigenvalue weighted by molar-refractivity contribution is -0.0431. The van der Waals surface area contributed by atoms with Crippen LogP contribution in [0.5, 0.6) is 0 Å². The maximum Gasteiger partial charge on any atom is 0.214 e. The summed E-state index contributed by atoms with van der Waals surface area (Å²) in [4.78, 5) is 1.90. The Morgan fingerprint density at radius 1 is 1.05 bits per heavy atom. The van der Waals surface area contributed by atoms with Crippen molar-refractivity contribution < 1.29 is 4.74 Å². The number of nitrogens with one attached hydrogen (secondary N) is 1. The fourth-order valence-corrected chi connectivity index (χ4v) is 2.93. The number of hydrogen-bond acceptors (Lipinski definition) is 3. The molecule has 3 rings (SSSR count). The van der Waals surface area contributed by atoms with E-state index in [9.17, 15) is 0 Å². The van der Waals surface area contributed by atoms with Gasteiger partial charge < -0.3 is 9.64 Å². The molecule has 1 aliphatic rings. The third kappa shape index (κ3) is 2.19. The van der Waals surface area contributed by atoms with E-state index in [1.807, 2.05) is 72.6 Å². The lowest BCUT2D eigenvalue weighted by Crippen LogP contribution is -2.60. The molecule has 2 aromatic carbocycles. The molecule has 0 spiro atoms. The minimum atomic E-state index is -0.856. The third-order valence-corrected chi connectivity index (χ3v) is 4.23. The van der Waals surface area contributed by atoms with Gasteiger partial charge in [0.15, 0.2) is 5.11 Å². The number of rotatable bonds is 3. The third-order valence-electron chi connectivity index (χ3n) is 3.87. The zero-order valence-corrected chi connectivity index (χ0v) is 13.3. The van der Waals surface area contributed by atoms with E-state index in [0.717, 1.165) is 16.8 Å². The van der Waals surface area contributed by atoms with Crippen molar-refractivity contribution in [3.8, 4) is 0 Å². The highest BCUT2D eigenvalue weighted by atomic mass is 32.1. The summed E-state index contributed by atoms with van der Waals surface area (Å²) >= 11 is 5.37. The summed E-state index contributed by atoms with van der Waals surface area (Å²) in [5.74, 6) is 0. The van der Waals surface area contributed by atoms with Gasteiger partial charge in [-0.25, -0.2) is 0 Å². The maximum atomic E-state index is 5.98. The molecule has 0 radical (unpaired) electrons. The number of nitrogens with zero attached hydrogens (tertiary/aromatic N) is 2. The summed E-state index contributed by atoms with van der Waals surface area (Å²) in [6.07, 6.45) is 0. The molecule has 0 bridgehead atoms. The van der Waals surface area contributed by atoms with Gasteiger partial charge >= 0.3 is 0 Å². The van der Waals surface area contributed by atoms with Crippen molar-refractivity contribution in [1.29, 1.82) is 0 Å². The fraction of sp³-hybridized carbons (Fsp3) is 0.176. The molecule has 4 nitrogen and oxygen atoms in total. The molecular weight excluding hydrogens is 294 g/mol. The van der Waals surface area contributed by atoms with Gasteiger partial charge in [-0.1, -0.05) is 60.7 Å². The lowest BCUT2D eigenvalue weighted by Gasteiger charge is -2.45. The lowest BCUT2D eigenvalue weighted by atomic mass is 9.90. The number of hydrazone groups is 1. The number of benzene rings is 2. The SMILES string of the molecule is COC1(c2ccccc2)C(c2ccccc2)=NNC(=S)N1C. The Labute approximate surface area is 135 Å². The standard InChI is InChI=1S/C17H17N3OS/c1-20-16(22)19-18-15(13-9-5-3-6-10-13)17(20,21-2)14-11-7-4-8-12-14/h3-12H,1-2H3,(H,19,22). The summed E-state index contributed by atoms with van der Waals surface area (Å²) in [6, 6.07) is 20.0. The van der Waals surface area contributed by atoms with Crippen molar-refractivity contribution >= 4 is 23.0 Å². The first-order valence-corrected chi connectivity index (χ1v) is 7.39. The second kappa shape index (κ2) is 5.87. The Morgan fingerprint density at radius 3 is 2.23 bits per heavy atom. The molecular formula is C17H17N3OS. The molecule has 1 heterocycles. The van der Waals surface area contributed by atoms with Gasteiger partial charge in [0.25, 0.3) is 0 Å². The molecule has 0 aliphatic carbocycles. The molecule has 0 saturated carbocycles. The Morgan fingerprint density at radius 2 is 1.64 bits per heavy atom. The normalized spacial score (nSPS) is 21.3.